The van der Waals surface area contributed by atoms with Gasteiger partial charge in [-0.2, -0.15) is 0 Å². The molecule has 1 aromatic rings. The molecule has 0 aromatic heterocycles. The number of unbranched alkanes of at least 4 members (excludes halogenated alkanes) is 1. The lowest BCUT2D eigenvalue weighted by Gasteiger charge is -2.08. The molecule has 0 aliphatic carbocycles. The minimum atomic E-state index is -1.07. The number of hydrogen-bond acceptors (Lipinski definition) is 3. The molecule has 0 unspecified atom stereocenters. The second-order valence-corrected chi connectivity index (χ2v) is 4.32. The van der Waals surface area contributed by atoms with E-state index < -0.39 is 29.6 Å². The van der Waals surface area contributed by atoms with Crippen LogP contribution in [-0.2, 0) is 4.79 Å². The smallest absolute Gasteiger partial charge is 0.320 e. The number of carboxylic acid groups (broad SMARTS) is 1. The van der Waals surface area contributed by atoms with Crippen molar-refractivity contribution in [2.24, 2.45) is 5.73 Å². The Balaban J connectivity index is 2.33. The number of benzene rings is 1. The number of carboxylic acids is 1. The fourth-order valence-electron chi connectivity index (χ4n) is 1.58. The lowest BCUT2D eigenvalue weighted by Crippen LogP contribution is -2.30. The molecule has 0 saturated heterocycles. The van der Waals surface area contributed by atoms with Crippen molar-refractivity contribution in [3.05, 3.63) is 35.4 Å². The van der Waals surface area contributed by atoms with Gasteiger partial charge in [-0.15, -0.1) is 0 Å². The van der Waals surface area contributed by atoms with Crippen molar-refractivity contribution in [2.75, 3.05) is 6.54 Å². The minimum Gasteiger partial charge on any atom is -0.480 e. The van der Waals surface area contributed by atoms with Gasteiger partial charge in [-0.1, -0.05) is 0 Å². The van der Waals surface area contributed by atoms with Crippen LogP contribution in [0.15, 0.2) is 18.2 Å². The Morgan fingerprint density at radius 3 is 2.65 bits per heavy atom. The maximum absolute atomic E-state index is 13.3. The average molecular weight is 286 g/mol. The highest BCUT2D eigenvalue weighted by Gasteiger charge is 2.13. The van der Waals surface area contributed by atoms with E-state index in [0.29, 0.717) is 19.3 Å². The Morgan fingerprint density at radius 2 is 2.00 bits per heavy atom. The number of nitrogens with two attached hydrogens (primary N) is 1. The number of aliphatic carboxylic acids is 1. The zero-order chi connectivity index (χ0) is 15.1. The number of hydrogen-bond donors (Lipinski definition) is 3. The summed E-state index contributed by atoms with van der Waals surface area (Å²) >= 11 is 0. The van der Waals surface area contributed by atoms with Gasteiger partial charge in [-0.3, -0.25) is 9.59 Å². The van der Waals surface area contributed by atoms with Crippen molar-refractivity contribution in [3.8, 4) is 0 Å². The van der Waals surface area contributed by atoms with Gasteiger partial charge in [-0.05, 0) is 37.5 Å². The third-order valence-corrected chi connectivity index (χ3v) is 2.72. The van der Waals surface area contributed by atoms with Gasteiger partial charge in [0, 0.05) is 6.54 Å². The van der Waals surface area contributed by atoms with Crippen LogP contribution in [0.3, 0.4) is 0 Å². The fraction of sp³-hybridized carbons (Fsp3) is 0.385. The Labute approximate surface area is 114 Å². The number of halogens is 2. The Bertz CT molecular complexity index is 495. The summed E-state index contributed by atoms with van der Waals surface area (Å²) in [6, 6.07) is 1.71. The summed E-state index contributed by atoms with van der Waals surface area (Å²) in [6.45, 7) is 0.237. The predicted molar refractivity (Wildman–Crippen MR) is 68.2 cm³/mol. The first-order chi connectivity index (χ1) is 9.41. The average Bonchev–Trinajstić information content (AvgIpc) is 2.40. The number of carbonyl (C=O) groups excluding carboxylic acids is 1. The third-order valence-electron chi connectivity index (χ3n) is 2.72. The summed E-state index contributed by atoms with van der Waals surface area (Å²) in [6.07, 6.45) is 1.31. The van der Waals surface area contributed by atoms with Crippen molar-refractivity contribution in [2.45, 2.75) is 25.3 Å². The summed E-state index contributed by atoms with van der Waals surface area (Å²) in [5.74, 6) is -3.26. The Kier molecular flexibility index (Phi) is 6.05. The van der Waals surface area contributed by atoms with E-state index in [-0.39, 0.29) is 12.1 Å². The molecule has 7 heteroatoms. The second kappa shape index (κ2) is 7.54. The van der Waals surface area contributed by atoms with Crippen LogP contribution in [0, 0.1) is 11.6 Å². The highest BCUT2D eigenvalue weighted by atomic mass is 19.1. The van der Waals surface area contributed by atoms with E-state index in [1.165, 1.54) is 0 Å². The first-order valence-corrected chi connectivity index (χ1v) is 6.13. The molecule has 1 rings (SSSR count). The number of nitrogens with one attached hydrogen (secondary N) is 1. The predicted octanol–water partition coefficient (Wildman–Crippen LogP) is 1.28. The SMILES string of the molecule is N[C@@H](CCCCNC(=O)c1cc(F)ccc1F)C(=O)O. The molecule has 1 atom stereocenters. The van der Waals surface area contributed by atoms with Gasteiger partial charge in [-0.25, -0.2) is 8.78 Å². The molecular formula is C13H16F2N2O3. The van der Waals surface area contributed by atoms with E-state index in [1.807, 2.05) is 0 Å². The molecule has 0 aliphatic heterocycles. The summed E-state index contributed by atoms with van der Waals surface area (Å²) in [4.78, 5) is 22.0. The van der Waals surface area contributed by atoms with Crippen molar-refractivity contribution in [3.63, 3.8) is 0 Å². The van der Waals surface area contributed by atoms with Crippen LogP contribution in [-0.4, -0.2) is 29.6 Å². The number of rotatable bonds is 7. The lowest BCUT2D eigenvalue weighted by molar-refractivity contribution is -0.138. The van der Waals surface area contributed by atoms with Crippen molar-refractivity contribution in [1.82, 2.24) is 5.32 Å². The van der Waals surface area contributed by atoms with Gasteiger partial charge < -0.3 is 16.2 Å². The van der Waals surface area contributed by atoms with Crippen LogP contribution >= 0.6 is 0 Å². The van der Waals surface area contributed by atoms with Crippen LogP contribution < -0.4 is 11.1 Å². The summed E-state index contributed by atoms with van der Waals surface area (Å²) in [5, 5.41) is 11.0. The zero-order valence-corrected chi connectivity index (χ0v) is 10.7. The van der Waals surface area contributed by atoms with E-state index in [0.717, 1.165) is 18.2 Å². The van der Waals surface area contributed by atoms with Gasteiger partial charge in [0.05, 0.1) is 5.56 Å². The standard InChI is InChI=1S/C13H16F2N2O3/c14-8-4-5-10(15)9(7-8)12(18)17-6-2-1-3-11(16)13(19)20/h4-5,7,11H,1-3,6,16H2,(H,17,18)(H,19,20)/t11-/m0/s1. The number of carbonyl (C=O) groups is 2. The van der Waals surface area contributed by atoms with Crippen LogP contribution in [0.4, 0.5) is 8.78 Å². The Hall–Kier alpha value is -2.02. The monoisotopic (exact) mass is 286 g/mol. The molecule has 0 bridgehead atoms. The zero-order valence-electron chi connectivity index (χ0n) is 10.7. The topological polar surface area (TPSA) is 92.4 Å². The summed E-state index contributed by atoms with van der Waals surface area (Å²) < 4.78 is 26.2. The van der Waals surface area contributed by atoms with Crippen LogP contribution in [0.25, 0.3) is 0 Å². The quantitative estimate of drug-likeness (QED) is 0.658. The molecule has 0 spiro atoms. The molecule has 0 fully saturated rings. The summed E-state index contributed by atoms with van der Waals surface area (Å²) in [7, 11) is 0. The maximum Gasteiger partial charge on any atom is 0.320 e. The van der Waals surface area contributed by atoms with Gasteiger partial charge in [0.1, 0.15) is 17.7 Å². The molecule has 0 radical (unpaired) electrons. The summed E-state index contributed by atoms with van der Waals surface area (Å²) in [5.41, 5.74) is 4.95. The van der Waals surface area contributed by atoms with Crippen LogP contribution in [0.5, 0.6) is 0 Å². The second-order valence-electron chi connectivity index (χ2n) is 4.32. The van der Waals surface area contributed by atoms with Crippen molar-refractivity contribution < 1.29 is 23.5 Å². The van der Waals surface area contributed by atoms with E-state index in [2.05, 4.69) is 5.32 Å². The minimum absolute atomic E-state index is 0.237. The van der Waals surface area contributed by atoms with E-state index in [1.54, 1.807) is 0 Å². The fourth-order valence-corrected chi connectivity index (χ4v) is 1.58. The normalized spacial score (nSPS) is 11.9. The highest BCUT2D eigenvalue weighted by molar-refractivity contribution is 5.94. The first-order valence-electron chi connectivity index (χ1n) is 6.13. The lowest BCUT2D eigenvalue weighted by atomic mass is 10.1. The van der Waals surface area contributed by atoms with Gasteiger partial charge >= 0.3 is 5.97 Å². The molecular weight excluding hydrogens is 270 g/mol. The Morgan fingerprint density at radius 1 is 1.30 bits per heavy atom. The van der Waals surface area contributed by atoms with Gasteiger partial charge in [0.15, 0.2) is 0 Å². The molecule has 0 heterocycles. The van der Waals surface area contributed by atoms with Crippen LogP contribution in [0.1, 0.15) is 29.6 Å². The largest absolute Gasteiger partial charge is 0.480 e. The van der Waals surface area contributed by atoms with E-state index in [4.69, 9.17) is 10.8 Å². The van der Waals surface area contributed by atoms with Crippen molar-refractivity contribution in [1.29, 1.82) is 0 Å². The molecule has 20 heavy (non-hydrogen) atoms. The first kappa shape index (κ1) is 16.0. The van der Waals surface area contributed by atoms with Crippen LogP contribution in [0.2, 0.25) is 0 Å². The van der Waals surface area contributed by atoms with E-state index in [9.17, 15) is 18.4 Å². The molecule has 5 nitrogen and oxygen atoms in total. The third kappa shape index (κ3) is 4.93. The molecule has 4 N–H and O–H groups in total. The molecule has 110 valence electrons. The molecule has 0 aliphatic rings. The highest BCUT2D eigenvalue weighted by Crippen LogP contribution is 2.09. The molecule has 1 amide bonds. The molecule has 1 aromatic carbocycles. The molecule has 0 saturated carbocycles. The maximum atomic E-state index is 13.3. The van der Waals surface area contributed by atoms with Crippen molar-refractivity contribution >= 4 is 11.9 Å². The van der Waals surface area contributed by atoms with Gasteiger partial charge in [0.2, 0.25) is 0 Å². The van der Waals surface area contributed by atoms with E-state index >= 15 is 0 Å². The number of amides is 1. The van der Waals surface area contributed by atoms with Gasteiger partial charge in [0.25, 0.3) is 5.91 Å².